The van der Waals surface area contributed by atoms with Gasteiger partial charge in [-0.2, -0.15) is 0 Å². The third-order valence-electron chi connectivity index (χ3n) is 2.08. The Morgan fingerprint density at radius 2 is 2.14 bits per heavy atom. The molecule has 2 heteroatoms. The predicted octanol–water partition coefficient (Wildman–Crippen LogP) is 3.73. The highest BCUT2D eigenvalue weighted by atomic mass is 79.9. The number of hydrogen-bond acceptors (Lipinski definition) is 1. The standard InChI is InChI=1S/C12H10BrN/c1-2-4-10-8-7-9-5-3-6-11(13)12(9)14-10/h2-3,5-8H,1,4H2. The molecule has 0 aliphatic heterocycles. The van der Waals surface area contributed by atoms with Crippen molar-refractivity contribution in [2.45, 2.75) is 6.42 Å². The van der Waals surface area contributed by atoms with E-state index >= 15 is 0 Å². The van der Waals surface area contributed by atoms with Gasteiger partial charge in [0.1, 0.15) is 0 Å². The maximum atomic E-state index is 4.55. The fraction of sp³-hybridized carbons (Fsp3) is 0.0833. The second kappa shape index (κ2) is 3.93. The van der Waals surface area contributed by atoms with Crippen molar-refractivity contribution in [3.8, 4) is 0 Å². The molecular weight excluding hydrogens is 238 g/mol. The molecule has 0 atom stereocenters. The molecule has 1 aromatic heterocycles. The summed E-state index contributed by atoms with van der Waals surface area (Å²) in [5.41, 5.74) is 2.08. The number of rotatable bonds is 2. The largest absolute Gasteiger partial charge is 0.251 e. The maximum Gasteiger partial charge on any atom is 0.0847 e. The highest BCUT2D eigenvalue weighted by Crippen LogP contribution is 2.22. The van der Waals surface area contributed by atoms with Crippen LogP contribution in [0.1, 0.15) is 5.69 Å². The van der Waals surface area contributed by atoms with Crippen molar-refractivity contribution < 1.29 is 0 Å². The summed E-state index contributed by atoms with van der Waals surface area (Å²) in [6.45, 7) is 3.71. The number of hydrogen-bond donors (Lipinski definition) is 0. The molecule has 0 bridgehead atoms. The summed E-state index contributed by atoms with van der Waals surface area (Å²) < 4.78 is 1.04. The van der Waals surface area contributed by atoms with Crippen molar-refractivity contribution in [3.63, 3.8) is 0 Å². The van der Waals surface area contributed by atoms with Crippen LogP contribution in [0.2, 0.25) is 0 Å². The number of pyridine rings is 1. The summed E-state index contributed by atoms with van der Waals surface area (Å²) in [4.78, 5) is 4.55. The van der Waals surface area contributed by atoms with Gasteiger partial charge in [0.15, 0.2) is 0 Å². The van der Waals surface area contributed by atoms with E-state index < -0.39 is 0 Å². The fourth-order valence-electron chi connectivity index (χ4n) is 1.41. The van der Waals surface area contributed by atoms with Crippen LogP contribution in [-0.2, 0) is 6.42 Å². The first-order valence-corrected chi connectivity index (χ1v) is 5.25. The molecule has 1 nitrogen and oxygen atoms in total. The Hall–Kier alpha value is -1.15. The highest BCUT2D eigenvalue weighted by molar-refractivity contribution is 9.10. The molecule has 1 heterocycles. The first-order valence-electron chi connectivity index (χ1n) is 4.46. The zero-order chi connectivity index (χ0) is 9.97. The van der Waals surface area contributed by atoms with E-state index in [1.807, 2.05) is 24.3 Å². The Balaban J connectivity index is 2.63. The lowest BCUT2D eigenvalue weighted by Gasteiger charge is -2.01. The van der Waals surface area contributed by atoms with Crippen molar-refractivity contribution in [3.05, 3.63) is 53.2 Å². The topological polar surface area (TPSA) is 12.9 Å². The van der Waals surface area contributed by atoms with E-state index in [4.69, 9.17) is 0 Å². The van der Waals surface area contributed by atoms with Gasteiger partial charge in [-0.05, 0) is 28.1 Å². The summed E-state index contributed by atoms with van der Waals surface area (Å²) in [5, 5.41) is 1.16. The molecule has 0 unspecified atom stereocenters. The third kappa shape index (κ3) is 1.70. The molecule has 0 spiro atoms. The van der Waals surface area contributed by atoms with Crippen LogP contribution >= 0.6 is 15.9 Å². The van der Waals surface area contributed by atoms with E-state index in [9.17, 15) is 0 Å². The number of nitrogens with zero attached hydrogens (tertiary/aromatic N) is 1. The molecule has 14 heavy (non-hydrogen) atoms. The molecule has 0 amide bonds. The van der Waals surface area contributed by atoms with Crippen LogP contribution in [0.15, 0.2) is 47.5 Å². The summed E-state index contributed by atoms with van der Waals surface area (Å²) in [7, 11) is 0. The van der Waals surface area contributed by atoms with Gasteiger partial charge in [-0.1, -0.05) is 24.3 Å². The fourth-order valence-corrected chi connectivity index (χ4v) is 1.88. The van der Waals surface area contributed by atoms with Gasteiger partial charge in [0.05, 0.1) is 5.52 Å². The van der Waals surface area contributed by atoms with Gasteiger partial charge >= 0.3 is 0 Å². The molecule has 2 aromatic rings. The van der Waals surface area contributed by atoms with Gasteiger partial charge < -0.3 is 0 Å². The van der Waals surface area contributed by atoms with Crippen LogP contribution in [0.5, 0.6) is 0 Å². The molecule has 0 saturated carbocycles. The smallest absolute Gasteiger partial charge is 0.0847 e. The minimum atomic E-state index is 0.817. The van der Waals surface area contributed by atoms with Crippen LogP contribution in [0.4, 0.5) is 0 Å². The lowest BCUT2D eigenvalue weighted by atomic mass is 10.2. The second-order valence-corrected chi connectivity index (χ2v) is 3.96. The van der Waals surface area contributed by atoms with Crippen molar-refractivity contribution in [1.29, 1.82) is 0 Å². The Labute approximate surface area is 91.6 Å². The molecule has 0 saturated heterocycles. The SMILES string of the molecule is C=CCc1ccc2cccc(Br)c2n1. The van der Waals surface area contributed by atoms with Gasteiger partial charge in [0.2, 0.25) is 0 Å². The van der Waals surface area contributed by atoms with E-state index in [0.29, 0.717) is 0 Å². The number of halogens is 1. The molecule has 0 radical (unpaired) electrons. The highest BCUT2D eigenvalue weighted by Gasteiger charge is 2.00. The van der Waals surface area contributed by atoms with Crippen LogP contribution in [0.25, 0.3) is 10.9 Å². The normalized spacial score (nSPS) is 10.4. The molecule has 0 fully saturated rings. The molecule has 70 valence electrons. The maximum absolute atomic E-state index is 4.55. The van der Waals surface area contributed by atoms with Crippen molar-refractivity contribution in [2.24, 2.45) is 0 Å². The average molecular weight is 248 g/mol. The molecular formula is C12H10BrN. The van der Waals surface area contributed by atoms with Crippen LogP contribution in [0.3, 0.4) is 0 Å². The second-order valence-electron chi connectivity index (χ2n) is 3.11. The average Bonchev–Trinajstić information content (AvgIpc) is 2.20. The lowest BCUT2D eigenvalue weighted by Crippen LogP contribution is -1.88. The zero-order valence-corrected chi connectivity index (χ0v) is 9.29. The molecule has 0 aliphatic rings. The van der Waals surface area contributed by atoms with E-state index in [-0.39, 0.29) is 0 Å². The first kappa shape index (κ1) is 9.41. The Morgan fingerprint density at radius 3 is 2.93 bits per heavy atom. The summed E-state index contributed by atoms with van der Waals surface area (Å²) in [5.74, 6) is 0. The number of para-hydroxylation sites is 1. The Kier molecular flexibility index (Phi) is 2.64. The lowest BCUT2D eigenvalue weighted by molar-refractivity contribution is 1.14. The first-order chi connectivity index (χ1) is 6.81. The molecule has 2 rings (SSSR count). The van der Waals surface area contributed by atoms with E-state index in [1.165, 1.54) is 0 Å². The van der Waals surface area contributed by atoms with E-state index in [1.54, 1.807) is 0 Å². The summed E-state index contributed by atoms with van der Waals surface area (Å²) in [6, 6.07) is 10.2. The van der Waals surface area contributed by atoms with Gasteiger partial charge in [-0.3, -0.25) is 4.98 Å². The summed E-state index contributed by atoms with van der Waals surface area (Å²) >= 11 is 3.49. The van der Waals surface area contributed by atoms with Crippen LogP contribution in [0, 0.1) is 0 Å². The molecule has 0 N–H and O–H groups in total. The number of fused-ring (bicyclic) bond motifs is 1. The van der Waals surface area contributed by atoms with Gasteiger partial charge in [0, 0.05) is 22.0 Å². The third-order valence-corrected chi connectivity index (χ3v) is 2.72. The molecule has 0 aliphatic carbocycles. The van der Waals surface area contributed by atoms with Crippen molar-refractivity contribution in [2.75, 3.05) is 0 Å². The Morgan fingerprint density at radius 1 is 1.29 bits per heavy atom. The minimum Gasteiger partial charge on any atom is -0.251 e. The van der Waals surface area contributed by atoms with Gasteiger partial charge in [-0.25, -0.2) is 0 Å². The predicted molar refractivity (Wildman–Crippen MR) is 63.3 cm³/mol. The quantitative estimate of drug-likeness (QED) is 0.738. The number of benzene rings is 1. The minimum absolute atomic E-state index is 0.817. The van der Waals surface area contributed by atoms with Crippen LogP contribution in [-0.4, -0.2) is 4.98 Å². The Bertz CT molecular complexity index is 477. The van der Waals surface area contributed by atoms with Crippen LogP contribution < -0.4 is 0 Å². The number of aromatic nitrogens is 1. The van der Waals surface area contributed by atoms with Crippen molar-refractivity contribution >= 4 is 26.8 Å². The van der Waals surface area contributed by atoms with E-state index in [0.717, 1.165) is 27.5 Å². The summed E-state index contributed by atoms with van der Waals surface area (Å²) in [6.07, 6.45) is 2.68. The number of allylic oxidation sites excluding steroid dienone is 1. The zero-order valence-electron chi connectivity index (χ0n) is 7.70. The monoisotopic (exact) mass is 247 g/mol. The van der Waals surface area contributed by atoms with Gasteiger partial charge in [-0.15, -0.1) is 6.58 Å². The van der Waals surface area contributed by atoms with Gasteiger partial charge in [0.25, 0.3) is 0 Å². The molecule has 1 aromatic carbocycles. The van der Waals surface area contributed by atoms with Crippen molar-refractivity contribution in [1.82, 2.24) is 4.98 Å². The van der Waals surface area contributed by atoms with E-state index in [2.05, 4.69) is 39.6 Å².